The molecule has 1 amide bonds. The van der Waals surface area contributed by atoms with Crippen LogP contribution in [0.2, 0.25) is 0 Å². The third kappa shape index (κ3) is 6.65. The second-order valence-corrected chi connectivity index (χ2v) is 4.49. The molecule has 0 heterocycles. The van der Waals surface area contributed by atoms with E-state index in [1.807, 2.05) is 30.3 Å². The van der Waals surface area contributed by atoms with Crippen LogP contribution in [0.5, 0.6) is 0 Å². The number of nitrogens with one attached hydrogen (secondary N) is 1. The highest BCUT2D eigenvalue weighted by Gasteiger charge is 2.14. The Morgan fingerprint density at radius 3 is 2.65 bits per heavy atom. The molecule has 0 radical (unpaired) electrons. The van der Waals surface area contributed by atoms with Crippen molar-refractivity contribution in [3.05, 3.63) is 35.9 Å². The number of hydrogen-bond acceptors (Lipinski definition) is 4. The zero-order valence-electron chi connectivity index (χ0n) is 12.0. The number of carbonyl (C=O) groups is 1. The van der Waals surface area contributed by atoms with Crippen LogP contribution in [0.25, 0.3) is 0 Å². The molecule has 0 saturated heterocycles. The zero-order chi connectivity index (χ0) is 14.6. The van der Waals surface area contributed by atoms with Crippen molar-refractivity contribution >= 4 is 5.91 Å². The number of ether oxygens (including phenoxy) is 2. The van der Waals surface area contributed by atoms with Gasteiger partial charge in [-0.05, 0) is 18.4 Å². The lowest BCUT2D eigenvalue weighted by atomic mass is 10.1. The maximum absolute atomic E-state index is 11.8. The lowest BCUT2D eigenvalue weighted by Gasteiger charge is -2.12. The third-order valence-electron chi connectivity index (χ3n) is 2.89. The number of benzene rings is 1. The highest BCUT2D eigenvalue weighted by Crippen LogP contribution is 2.09. The van der Waals surface area contributed by atoms with Crippen molar-refractivity contribution in [1.82, 2.24) is 5.32 Å². The highest BCUT2D eigenvalue weighted by atomic mass is 16.5. The van der Waals surface area contributed by atoms with Crippen LogP contribution in [0.15, 0.2) is 30.3 Å². The van der Waals surface area contributed by atoms with Crippen molar-refractivity contribution < 1.29 is 14.3 Å². The molecule has 1 rings (SSSR count). The zero-order valence-corrected chi connectivity index (χ0v) is 12.0. The summed E-state index contributed by atoms with van der Waals surface area (Å²) < 4.78 is 10.2. The SMILES string of the molecule is COCCOCCCCNC(=O)[C@H](N)c1ccccc1. The fraction of sp³-hybridized carbons (Fsp3) is 0.533. The Bertz CT molecular complexity index is 371. The Morgan fingerprint density at radius 2 is 1.95 bits per heavy atom. The van der Waals surface area contributed by atoms with Crippen LogP contribution in [-0.4, -0.2) is 39.4 Å². The van der Waals surface area contributed by atoms with Gasteiger partial charge in [0.15, 0.2) is 0 Å². The van der Waals surface area contributed by atoms with Gasteiger partial charge >= 0.3 is 0 Å². The lowest BCUT2D eigenvalue weighted by Crippen LogP contribution is -2.34. The third-order valence-corrected chi connectivity index (χ3v) is 2.89. The van der Waals surface area contributed by atoms with Crippen molar-refractivity contribution in [2.75, 3.05) is 33.5 Å². The maximum Gasteiger partial charge on any atom is 0.241 e. The molecule has 1 atom stereocenters. The Labute approximate surface area is 120 Å². The minimum Gasteiger partial charge on any atom is -0.382 e. The number of rotatable bonds is 10. The normalized spacial score (nSPS) is 12.1. The summed E-state index contributed by atoms with van der Waals surface area (Å²) >= 11 is 0. The fourth-order valence-corrected chi connectivity index (χ4v) is 1.71. The predicted molar refractivity (Wildman–Crippen MR) is 78.3 cm³/mol. The topological polar surface area (TPSA) is 73.6 Å². The molecule has 1 aromatic carbocycles. The van der Waals surface area contributed by atoms with Crippen molar-refractivity contribution in [1.29, 1.82) is 0 Å². The average Bonchev–Trinajstić information content (AvgIpc) is 2.50. The molecule has 0 aliphatic rings. The number of hydrogen-bond donors (Lipinski definition) is 2. The molecule has 0 spiro atoms. The first-order chi connectivity index (χ1) is 9.75. The second kappa shape index (κ2) is 10.4. The molecule has 1 aromatic rings. The number of carbonyl (C=O) groups excluding carboxylic acids is 1. The van der Waals surface area contributed by atoms with Gasteiger partial charge in [0.1, 0.15) is 6.04 Å². The van der Waals surface area contributed by atoms with Crippen LogP contribution >= 0.6 is 0 Å². The molecule has 0 bridgehead atoms. The minimum atomic E-state index is -0.603. The Hall–Kier alpha value is -1.43. The Morgan fingerprint density at radius 1 is 1.20 bits per heavy atom. The van der Waals surface area contributed by atoms with Gasteiger partial charge in [0.05, 0.1) is 13.2 Å². The molecule has 20 heavy (non-hydrogen) atoms. The van der Waals surface area contributed by atoms with Crippen LogP contribution in [-0.2, 0) is 14.3 Å². The molecule has 112 valence electrons. The van der Waals surface area contributed by atoms with Gasteiger partial charge in [-0.1, -0.05) is 30.3 Å². The van der Waals surface area contributed by atoms with Gasteiger partial charge < -0.3 is 20.5 Å². The number of methoxy groups -OCH3 is 1. The first kappa shape index (κ1) is 16.6. The van der Waals surface area contributed by atoms with E-state index in [1.165, 1.54) is 0 Å². The summed E-state index contributed by atoms with van der Waals surface area (Å²) in [5, 5.41) is 2.84. The standard InChI is InChI=1S/C15H24N2O3/c1-19-11-12-20-10-6-5-9-17-15(18)14(16)13-7-3-2-4-8-13/h2-4,7-8,14H,5-6,9-12,16H2,1H3,(H,17,18)/t14-/m1/s1. The van der Waals surface area contributed by atoms with Gasteiger partial charge in [0.25, 0.3) is 0 Å². The molecule has 5 nitrogen and oxygen atoms in total. The van der Waals surface area contributed by atoms with Crippen LogP contribution in [0, 0.1) is 0 Å². The first-order valence-electron chi connectivity index (χ1n) is 6.90. The fourth-order valence-electron chi connectivity index (χ4n) is 1.71. The molecular formula is C15H24N2O3. The summed E-state index contributed by atoms with van der Waals surface area (Å²) in [5.41, 5.74) is 6.71. The molecule has 0 unspecified atom stereocenters. The lowest BCUT2D eigenvalue weighted by molar-refractivity contribution is -0.122. The summed E-state index contributed by atoms with van der Waals surface area (Å²) in [6, 6.07) is 8.76. The molecule has 0 aliphatic carbocycles. The van der Waals surface area contributed by atoms with Gasteiger partial charge in [-0.25, -0.2) is 0 Å². The number of unbranched alkanes of at least 4 members (excludes halogenated alkanes) is 1. The summed E-state index contributed by atoms with van der Waals surface area (Å²) in [6.45, 7) is 2.53. The van der Waals surface area contributed by atoms with Crippen molar-refractivity contribution in [2.45, 2.75) is 18.9 Å². The van der Waals surface area contributed by atoms with E-state index < -0.39 is 6.04 Å². The van der Waals surface area contributed by atoms with Crippen LogP contribution in [0.3, 0.4) is 0 Å². The molecule has 0 aromatic heterocycles. The van der Waals surface area contributed by atoms with Gasteiger partial charge in [0, 0.05) is 20.3 Å². The number of nitrogens with two attached hydrogens (primary N) is 1. The minimum absolute atomic E-state index is 0.142. The van der Waals surface area contributed by atoms with Crippen LogP contribution in [0.1, 0.15) is 24.4 Å². The van der Waals surface area contributed by atoms with E-state index >= 15 is 0 Å². The summed E-state index contributed by atoms with van der Waals surface area (Å²) in [4.78, 5) is 11.8. The Balaban J connectivity index is 2.08. The number of amides is 1. The van der Waals surface area contributed by atoms with Crippen molar-refractivity contribution in [3.63, 3.8) is 0 Å². The van der Waals surface area contributed by atoms with Crippen molar-refractivity contribution in [3.8, 4) is 0 Å². The monoisotopic (exact) mass is 280 g/mol. The molecule has 0 saturated carbocycles. The van der Waals surface area contributed by atoms with E-state index in [2.05, 4.69) is 5.32 Å². The van der Waals surface area contributed by atoms with Crippen LogP contribution < -0.4 is 11.1 Å². The molecule has 5 heteroatoms. The smallest absolute Gasteiger partial charge is 0.241 e. The quantitative estimate of drug-likeness (QED) is 0.633. The molecule has 0 aliphatic heterocycles. The molecular weight excluding hydrogens is 256 g/mol. The van der Waals surface area contributed by atoms with E-state index in [9.17, 15) is 4.79 Å². The second-order valence-electron chi connectivity index (χ2n) is 4.49. The van der Waals surface area contributed by atoms with E-state index in [4.69, 9.17) is 15.2 Å². The largest absolute Gasteiger partial charge is 0.382 e. The van der Waals surface area contributed by atoms with Gasteiger partial charge in [-0.15, -0.1) is 0 Å². The Kier molecular flexibility index (Phi) is 8.62. The summed E-state index contributed by atoms with van der Waals surface area (Å²) in [5.74, 6) is -0.142. The highest BCUT2D eigenvalue weighted by molar-refractivity contribution is 5.82. The van der Waals surface area contributed by atoms with Crippen molar-refractivity contribution in [2.24, 2.45) is 5.73 Å². The van der Waals surface area contributed by atoms with E-state index in [1.54, 1.807) is 7.11 Å². The van der Waals surface area contributed by atoms with E-state index in [0.717, 1.165) is 18.4 Å². The van der Waals surface area contributed by atoms with E-state index in [0.29, 0.717) is 26.4 Å². The average molecular weight is 280 g/mol. The molecule has 0 fully saturated rings. The van der Waals surface area contributed by atoms with Gasteiger partial charge in [0.2, 0.25) is 5.91 Å². The summed E-state index contributed by atoms with van der Waals surface area (Å²) in [6.07, 6.45) is 1.78. The molecule has 3 N–H and O–H groups in total. The van der Waals surface area contributed by atoms with Gasteiger partial charge in [-0.2, -0.15) is 0 Å². The van der Waals surface area contributed by atoms with E-state index in [-0.39, 0.29) is 5.91 Å². The maximum atomic E-state index is 11.8. The van der Waals surface area contributed by atoms with Gasteiger partial charge in [-0.3, -0.25) is 4.79 Å². The van der Waals surface area contributed by atoms with Crippen LogP contribution in [0.4, 0.5) is 0 Å². The summed E-state index contributed by atoms with van der Waals surface area (Å²) in [7, 11) is 1.65. The first-order valence-corrected chi connectivity index (χ1v) is 6.90. The predicted octanol–water partition coefficient (Wildman–Crippen LogP) is 1.25.